The maximum atomic E-state index is 12.4. The Labute approximate surface area is 149 Å². The smallest absolute Gasteiger partial charge is 0.397 e. The average Bonchev–Trinajstić information content (AvgIpc) is 2.64. The van der Waals surface area contributed by atoms with Gasteiger partial charge < -0.3 is 19.5 Å². The van der Waals surface area contributed by atoms with E-state index in [4.69, 9.17) is 9.47 Å². The van der Waals surface area contributed by atoms with E-state index in [0.29, 0.717) is 38.8 Å². The molecular weight excluding hydrogens is 322 g/mol. The normalized spacial score (nSPS) is 11.7. The van der Waals surface area contributed by atoms with E-state index in [9.17, 15) is 14.7 Å². The molecule has 0 heterocycles. The number of amides is 1. The predicted octanol–water partition coefficient (Wildman–Crippen LogP) is 2.53. The predicted molar refractivity (Wildman–Crippen MR) is 95.2 cm³/mol. The second-order valence-electron chi connectivity index (χ2n) is 5.92. The number of ether oxygens (including phenoxy) is 2. The van der Waals surface area contributed by atoms with Gasteiger partial charge in [0.15, 0.2) is 0 Å². The van der Waals surface area contributed by atoms with Crippen molar-refractivity contribution < 1.29 is 24.2 Å². The van der Waals surface area contributed by atoms with Gasteiger partial charge in [0.2, 0.25) is 0 Å². The second kappa shape index (κ2) is 11.5. The highest BCUT2D eigenvalue weighted by molar-refractivity contribution is 6.32. The lowest BCUT2D eigenvalue weighted by atomic mass is 10.1. The van der Waals surface area contributed by atoms with E-state index in [1.807, 2.05) is 38.1 Å². The van der Waals surface area contributed by atoms with Crippen LogP contribution in [0.3, 0.4) is 0 Å². The molecule has 0 fully saturated rings. The van der Waals surface area contributed by atoms with Crippen molar-refractivity contribution in [3.8, 4) is 5.75 Å². The fourth-order valence-electron chi connectivity index (χ4n) is 2.31. The Bertz CT molecular complexity index is 529. The second-order valence-corrected chi connectivity index (χ2v) is 5.92. The van der Waals surface area contributed by atoms with Crippen LogP contribution in [-0.2, 0) is 20.9 Å². The molecule has 1 unspecified atom stereocenters. The molecular formula is C19H29NO5. The molecule has 1 amide bonds. The van der Waals surface area contributed by atoms with Crippen molar-refractivity contribution in [2.24, 2.45) is 0 Å². The van der Waals surface area contributed by atoms with Crippen molar-refractivity contribution in [1.29, 1.82) is 0 Å². The van der Waals surface area contributed by atoms with Gasteiger partial charge in [0.25, 0.3) is 0 Å². The molecule has 25 heavy (non-hydrogen) atoms. The van der Waals surface area contributed by atoms with Gasteiger partial charge in [0.1, 0.15) is 5.75 Å². The zero-order valence-electron chi connectivity index (χ0n) is 15.4. The van der Waals surface area contributed by atoms with E-state index < -0.39 is 11.9 Å². The van der Waals surface area contributed by atoms with E-state index in [2.05, 4.69) is 0 Å². The molecule has 1 aromatic rings. The number of aliphatic hydroxyl groups is 1. The van der Waals surface area contributed by atoms with Gasteiger partial charge >= 0.3 is 11.9 Å². The van der Waals surface area contributed by atoms with Gasteiger partial charge in [-0.15, -0.1) is 0 Å². The minimum atomic E-state index is -0.827. The van der Waals surface area contributed by atoms with Gasteiger partial charge in [-0.05, 0) is 43.4 Å². The Morgan fingerprint density at radius 2 is 1.88 bits per heavy atom. The van der Waals surface area contributed by atoms with Crippen molar-refractivity contribution in [3.63, 3.8) is 0 Å². The topological polar surface area (TPSA) is 76.1 Å². The number of hydrogen-bond acceptors (Lipinski definition) is 5. The number of carbonyl (C=O) groups is 2. The summed E-state index contributed by atoms with van der Waals surface area (Å²) in [5.74, 6) is -0.739. The van der Waals surface area contributed by atoms with Crippen LogP contribution < -0.4 is 4.74 Å². The fourth-order valence-corrected chi connectivity index (χ4v) is 2.31. The van der Waals surface area contributed by atoms with Crippen LogP contribution in [0, 0.1) is 0 Å². The molecule has 0 radical (unpaired) electrons. The first-order valence-electron chi connectivity index (χ1n) is 8.78. The molecule has 0 aliphatic carbocycles. The number of esters is 1. The van der Waals surface area contributed by atoms with Crippen molar-refractivity contribution in [1.82, 2.24) is 4.90 Å². The number of benzene rings is 1. The van der Waals surface area contributed by atoms with Gasteiger partial charge in [0.05, 0.1) is 19.8 Å². The number of hydrogen-bond donors (Lipinski definition) is 1. The van der Waals surface area contributed by atoms with Crippen LogP contribution in [0.5, 0.6) is 5.75 Å². The van der Waals surface area contributed by atoms with Crippen LogP contribution in [0.2, 0.25) is 0 Å². The fraction of sp³-hybridized carbons (Fsp3) is 0.579. The van der Waals surface area contributed by atoms with Crippen LogP contribution in [0.15, 0.2) is 24.3 Å². The lowest BCUT2D eigenvalue weighted by Crippen LogP contribution is -2.38. The summed E-state index contributed by atoms with van der Waals surface area (Å²) in [7, 11) is 1.59. The molecule has 6 nitrogen and oxygen atoms in total. The summed E-state index contributed by atoms with van der Waals surface area (Å²) in [5, 5.41) is 9.67. The molecule has 0 bridgehead atoms. The molecule has 0 aliphatic heterocycles. The molecule has 0 saturated heterocycles. The molecule has 1 N–H and O–H groups in total. The van der Waals surface area contributed by atoms with Crippen molar-refractivity contribution in [2.75, 3.05) is 20.3 Å². The molecule has 1 rings (SSSR count). The lowest BCUT2D eigenvalue weighted by molar-refractivity contribution is -0.160. The molecule has 0 spiro atoms. The van der Waals surface area contributed by atoms with E-state index in [-0.39, 0.29) is 12.7 Å². The summed E-state index contributed by atoms with van der Waals surface area (Å²) < 4.78 is 10.1. The zero-order chi connectivity index (χ0) is 18.7. The summed E-state index contributed by atoms with van der Waals surface area (Å²) in [6.45, 7) is 4.72. The SMILES string of the molecule is CCCOC(=O)C(=O)N(CCCC(O)CC)Cc1ccc(OC)cc1. The maximum absolute atomic E-state index is 12.4. The number of carbonyl (C=O) groups excluding carboxylic acids is 2. The third-order valence-corrected chi connectivity index (χ3v) is 3.87. The standard InChI is InChI=1S/C19H29NO5/c1-4-13-25-19(23)18(22)20(12-6-7-16(21)5-2)14-15-8-10-17(24-3)11-9-15/h8-11,16,21H,4-7,12-14H2,1-3H3. The van der Waals surface area contributed by atoms with Gasteiger partial charge in [-0.1, -0.05) is 26.0 Å². The first kappa shape index (κ1) is 21.0. The number of aliphatic hydroxyl groups excluding tert-OH is 1. The highest BCUT2D eigenvalue weighted by Crippen LogP contribution is 2.14. The first-order chi connectivity index (χ1) is 12.0. The van der Waals surface area contributed by atoms with Gasteiger partial charge in [-0.25, -0.2) is 4.79 Å². The molecule has 1 aromatic carbocycles. The summed E-state index contributed by atoms with van der Waals surface area (Å²) >= 11 is 0. The summed E-state index contributed by atoms with van der Waals surface area (Å²) in [4.78, 5) is 25.8. The van der Waals surface area contributed by atoms with Gasteiger partial charge in [-0.3, -0.25) is 4.79 Å². The Morgan fingerprint density at radius 1 is 1.20 bits per heavy atom. The van der Waals surface area contributed by atoms with Crippen LogP contribution in [0.25, 0.3) is 0 Å². The highest BCUT2D eigenvalue weighted by Gasteiger charge is 2.23. The third-order valence-electron chi connectivity index (χ3n) is 3.87. The number of nitrogens with zero attached hydrogens (tertiary/aromatic N) is 1. The van der Waals surface area contributed by atoms with Crippen molar-refractivity contribution in [3.05, 3.63) is 29.8 Å². The molecule has 1 atom stereocenters. The van der Waals surface area contributed by atoms with Gasteiger partial charge in [0, 0.05) is 13.1 Å². The van der Waals surface area contributed by atoms with Crippen LogP contribution >= 0.6 is 0 Å². The first-order valence-corrected chi connectivity index (χ1v) is 8.78. The summed E-state index contributed by atoms with van der Waals surface area (Å²) in [5.41, 5.74) is 0.897. The van der Waals surface area contributed by atoms with E-state index in [1.54, 1.807) is 7.11 Å². The van der Waals surface area contributed by atoms with Gasteiger partial charge in [-0.2, -0.15) is 0 Å². The average molecular weight is 351 g/mol. The molecule has 0 aromatic heterocycles. The monoisotopic (exact) mass is 351 g/mol. The number of rotatable bonds is 10. The quantitative estimate of drug-likeness (QED) is 0.518. The van der Waals surface area contributed by atoms with E-state index in [0.717, 1.165) is 11.3 Å². The molecule has 0 aliphatic rings. The minimum Gasteiger partial charge on any atom is -0.497 e. The summed E-state index contributed by atoms with van der Waals surface area (Å²) in [6.07, 6.45) is 2.17. The Hall–Kier alpha value is -2.08. The van der Waals surface area contributed by atoms with Crippen molar-refractivity contribution >= 4 is 11.9 Å². The lowest BCUT2D eigenvalue weighted by Gasteiger charge is -2.22. The molecule has 140 valence electrons. The Morgan fingerprint density at radius 3 is 2.44 bits per heavy atom. The van der Waals surface area contributed by atoms with Crippen LogP contribution in [0.1, 0.15) is 45.1 Å². The third kappa shape index (κ3) is 7.56. The van der Waals surface area contributed by atoms with Crippen LogP contribution in [-0.4, -0.2) is 48.2 Å². The number of methoxy groups -OCH3 is 1. The van der Waals surface area contributed by atoms with Crippen LogP contribution in [0.4, 0.5) is 0 Å². The largest absolute Gasteiger partial charge is 0.497 e. The summed E-state index contributed by atoms with van der Waals surface area (Å²) in [6, 6.07) is 7.34. The van der Waals surface area contributed by atoms with E-state index in [1.165, 1.54) is 4.90 Å². The minimum absolute atomic E-state index is 0.232. The Balaban J connectivity index is 2.74. The van der Waals surface area contributed by atoms with E-state index >= 15 is 0 Å². The van der Waals surface area contributed by atoms with Crippen molar-refractivity contribution in [2.45, 2.75) is 52.2 Å². The Kier molecular flexibility index (Phi) is 9.62. The highest BCUT2D eigenvalue weighted by atomic mass is 16.5. The molecule has 0 saturated carbocycles. The maximum Gasteiger partial charge on any atom is 0.397 e. The zero-order valence-corrected chi connectivity index (χ0v) is 15.4. The molecule has 6 heteroatoms.